The summed E-state index contributed by atoms with van der Waals surface area (Å²) in [6.07, 6.45) is 2.13. The molecule has 0 saturated carbocycles. The summed E-state index contributed by atoms with van der Waals surface area (Å²) in [7, 11) is 0. The summed E-state index contributed by atoms with van der Waals surface area (Å²) < 4.78 is 0. The van der Waals surface area contributed by atoms with Gasteiger partial charge in [0.1, 0.15) is 5.78 Å². The van der Waals surface area contributed by atoms with E-state index in [2.05, 4.69) is 11.9 Å². The molecule has 1 aromatic carbocycles. The van der Waals surface area contributed by atoms with Gasteiger partial charge in [-0.05, 0) is 11.6 Å². The first kappa shape index (κ1) is 9.00. The molecule has 1 N–H and O–H groups in total. The van der Waals surface area contributed by atoms with Crippen molar-refractivity contribution >= 4 is 11.5 Å². The predicted octanol–water partition coefficient (Wildman–Crippen LogP) is 2.34. The Kier molecular flexibility index (Phi) is 2.35. The van der Waals surface area contributed by atoms with Crippen LogP contribution in [-0.2, 0) is 4.79 Å². The zero-order valence-electron chi connectivity index (χ0n) is 7.99. The molecule has 0 aromatic heterocycles. The van der Waals surface area contributed by atoms with Crippen molar-refractivity contribution < 1.29 is 4.79 Å². The Labute approximate surface area is 83.6 Å². The minimum Gasteiger partial charge on any atom is -0.384 e. The Morgan fingerprint density at radius 1 is 1.57 bits per heavy atom. The Morgan fingerprint density at radius 2 is 2.36 bits per heavy atom. The van der Waals surface area contributed by atoms with E-state index in [0.29, 0.717) is 6.42 Å². The smallest absolute Gasteiger partial charge is 0.145 e. The fourth-order valence-corrected chi connectivity index (χ4v) is 1.86. The quantitative estimate of drug-likeness (QED) is 0.736. The summed E-state index contributed by atoms with van der Waals surface area (Å²) >= 11 is 0. The van der Waals surface area contributed by atoms with Crippen LogP contribution >= 0.6 is 0 Å². The molecular weight excluding hydrogens is 174 g/mol. The van der Waals surface area contributed by atoms with Gasteiger partial charge in [-0.25, -0.2) is 0 Å². The van der Waals surface area contributed by atoms with E-state index < -0.39 is 0 Å². The van der Waals surface area contributed by atoms with Crippen LogP contribution in [0.15, 0.2) is 36.9 Å². The molecule has 2 heteroatoms. The fourth-order valence-electron chi connectivity index (χ4n) is 1.86. The van der Waals surface area contributed by atoms with Crippen LogP contribution in [0.3, 0.4) is 0 Å². The van der Waals surface area contributed by atoms with E-state index in [1.54, 1.807) is 6.08 Å². The lowest BCUT2D eigenvalue weighted by molar-refractivity contribution is -0.119. The van der Waals surface area contributed by atoms with E-state index in [9.17, 15) is 4.79 Å². The molecular formula is C12H13NO. The van der Waals surface area contributed by atoms with Crippen molar-refractivity contribution in [3.8, 4) is 0 Å². The fraction of sp³-hybridized carbons (Fsp3) is 0.250. The highest BCUT2D eigenvalue weighted by Crippen LogP contribution is 2.32. The molecule has 72 valence electrons. The molecule has 1 aromatic rings. The SMILES string of the molecule is C=CCC(=O)C1CNc2ccccc21. The van der Waals surface area contributed by atoms with Gasteiger partial charge in [-0.1, -0.05) is 24.3 Å². The van der Waals surface area contributed by atoms with Crippen LogP contribution in [0.5, 0.6) is 0 Å². The third-order valence-electron chi connectivity index (χ3n) is 2.57. The molecule has 1 aliphatic rings. The van der Waals surface area contributed by atoms with Gasteiger partial charge in [-0.2, -0.15) is 0 Å². The number of hydrogen-bond acceptors (Lipinski definition) is 2. The van der Waals surface area contributed by atoms with Crippen molar-refractivity contribution in [2.45, 2.75) is 12.3 Å². The van der Waals surface area contributed by atoms with E-state index in [0.717, 1.165) is 17.8 Å². The molecule has 14 heavy (non-hydrogen) atoms. The molecule has 1 heterocycles. The van der Waals surface area contributed by atoms with Gasteiger partial charge >= 0.3 is 0 Å². The number of carbonyl (C=O) groups excluding carboxylic acids is 1. The maximum absolute atomic E-state index is 11.7. The number of carbonyl (C=O) groups is 1. The van der Waals surface area contributed by atoms with E-state index in [-0.39, 0.29) is 11.7 Å². The standard InChI is InChI=1S/C12H13NO/c1-2-5-12(14)10-8-13-11-7-4-3-6-9(10)11/h2-4,6-7,10,13H,1,5,8H2. The Hall–Kier alpha value is -1.57. The van der Waals surface area contributed by atoms with Crippen LogP contribution in [0.2, 0.25) is 0 Å². The Morgan fingerprint density at radius 3 is 3.14 bits per heavy atom. The predicted molar refractivity (Wildman–Crippen MR) is 57.5 cm³/mol. The van der Waals surface area contributed by atoms with Crippen molar-refractivity contribution in [1.29, 1.82) is 0 Å². The maximum Gasteiger partial charge on any atom is 0.145 e. The average molecular weight is 187 g/mol. The third-order valence-corrected chi connectivity index (χ3v) is 2.57. The highest BCUT2D eigenvalue weighted by molar-refractivity contribution is 5.90. The Balaban J connectivity index is 2.25. The number of nitrogens with one attached hydrogen (secondary N) is 1. The van der Waals surface area contributed by atoms with E-state index in [4.69, 9.17) is 0 Å². The summed E-state index contributed by atoms with van der Waals surface area (Å²) in [6, 6.07) is 7.98. The number of Topliss-reactive ketones (excluding diaryl/α,β-unsaturated/α-hetero) is 1. The summed E-state index contributed by atoms with van der Waals surface area (Å²) in [5.74, 6) is 0.265. The number of hydrogen-bond donors (Lipinski definition) is 1. The molecule has 0 aliphatic carbocycles. The van der Waals surface area contributed by atoms with Gasteiger partial charge in [0.2, 0.25) is 0 Å². The largest absolute Gasteiger partial charge is 0.384 e. The number of fused-ring (bicyclic) bond motifs is 1. The van der Waals surface area contributed by atoms with Gasteiger partial charge in [0.05, 0.1) is 5.92 Å². The van der Waals surface area contributed by atoms with Gasteiger partial charge in [-0.3, -0.25) is 4.79 Å². The molecule has 0 saturated heterocycles. The monoisotopic (exact) mass is 187 g/mol. The van der Waals surface area contributed by atoms with Crippen LogP contribution in [0.1, 0.15) is 17.9 Å². The number of ketones is 1. The lowest BCUT2D eigenvalue weighted by atomic mass is 9.95. The third kappa shape index (κ3) is 1.43. The lowest BCUT2D eigenvalue weighted by Gasteiger charge is -2.06. The first-order valence-electron chi connectivity index (χ1n) is 4.79. The molecule has 0 amide bonds. The zero-order valence-corrected chi connectivity index (χ0v) is 7.99. The van der Waals surface area contributed by atoms with Gasteiger partial charge in [-0.15, -0.1) is 6.58 Å². The molecule has 1 atom stereocenters. The average Bonchev–Trinajstić information content (AvgIpc) is 2.61. The molecule has 0 bridgehead atoms. The number of allylic oxidation sites excluding steroid dienone is 1. The lowest BCUT2D eigenvalue weighted by Crippen LogP contribution is -2.13. The summed E-state index contributed by atoms with van der Waals surface area (Å²) in [5, 5.41) is 3.23. The van der Waals surface area contributed by atoms with Crippen LogP contribution < -0.4 is 5.32 Å². The highest BCUT2D eigenvalue weighted by atomic mass is 16.1. The summed E-state index contributed by atoms with van der Waals surface area (Å²) in [6.45, 7) is 4.31. The second-order valence-electron chi connectivity index (χ2n) is 3.48. The summed E-state index contributed by atoms with van der Waals surface area (Å²) in [4.78, 5) is 11.7. The van der Waals surface area contributed by atoms with E-state index in [1.807, 2.05) is 24.3 Å². The van der Waals surface area contributed by atoms with Gasteiger partial charge < -0.3 is 5.32 Å². The molecule has 1 aliphatic heterocycles. The maximum atomic E-state index is 11.7. The van der Waals surface area contributed by atoms with Crippen LogP contribution in [0.25, 0.3) is 0 Å². The number of rotatable bonds is 3. The summed E-state index contributed by atoms with van der Waals surface area (Å²) in [5.41, 5.74) is 2.22. The van der Waals surface area contributed by atoms with Gasteiger partial charge in [0.25, 0.3) is 0 Å². The molecule has 0 fully saturated rings. The molecule has 2 nitrogen and oxygen atoms in total. The number of para-hydroxylation sites is 1. The number of anilines is 1. The van der Waals surface area contributed by atoms with Crippen LogP contribution in [0, 0.1) is 0 Å². The van der Waals surface area contributed by atoms with Crippen LogP contribution in [0.4, 0.5) is 5.69 Å². The van der Waals surface area contributed by atoms with E-state index >= 15 is 0 Å². The molecule has 2 rings (SSSR count). The highest BCUT2D eigenvalue weighted by Gasteiger charge is 2.26. The van der Waals surface area contributed by atoms with Crippen molar-refractivity contribution in [3.63, 3.8) is 0 Å². The van der Waals surface area contributed by atoms with Gasteiger partial charge in [0, 0.05) is 18.7 Å². The van der Waals surface area contributed by atoms with Crippen molar-refractivity contribution in [3.05, 3.63) is 42.5 Å². The van der Waals surface area contributed by atoms with Gasteiger partial charge in [0.15, 0.2) is 0 Å². The Bertz CT molecular complexity index is 370. The van der Waals surface area contributed by atoms with Crippen LogP contribution in [-0.4, -0.2) is 12.3 Å². The molecule has 0 radical (unpaired) electrons. The van der Waals surface area contributed by atoms with Crippen molar-refractivity contribution in [2.75, 3.05) is 11.9 Å². The topological polar surface area (TPSA) is 29.1 Å². The molecule has 0 spiro atoms. The van der Waals surface area contributed by atoms with Crippen molar-refractivity contribution in [1.82, 2.24) is 0 Å². The second-order valence-corrected chi connectivity index (χ2v) is 3.48. The van der Waals surface area contributed by atoms with E-state index in [1.165, 1.54) is 0 Å². The second kappa shape index (κ2) is 3.66. The normalized spacial score (nSPS) is 18.4. The minimum absolute atomic E-state index is 0.0178. The van der Waals surface area contributed by atoms with Crippen molar-refractivity contribution in [2.24, 2.45) is 0 Å². The minimum atomic E-state index is 0.0178. The molecule has 1 unspecified atom stereocenters. The zero-order chi connectivity index (χ0) is 9.97. The number of benzene rings is 1. The first-order valence-corrected chi connectivity index (χ1v) is 4.79. The first-order chi connectivity index (χ1) is 6.83.